The van der Waals surface area contributed by atoms with E-state index < -0.39 is 23.6 Å². The lowest BCUT2D eigenvalue weighted by Gasteiger charge is -2.38. The van der Waals surface area contributed by atoms with Gasteiger partial charge in [-0.05, 0) is 30.2 Å². The minimum atomic E-state index is -0.688. The Morgan fingerprint density at radius 1 is 1.07 bits per heavy atom. The molecular formula is C22H18F2N4O. The zero-order valence-electron chi connectivity index (χ0n) is 15.6. The van der Waals surface area contributed by atoms with Crippen molar-refractivity contribution >= 4 is 11.7 Å². The summed E-state index contributed by atoms with van der Waals surface area (Å²) in [6, 6.07) is 10.8. The number of Topliss-reactive ketones (excluding diaryl/α,β-unsaturated/α-hetero) is 1. The molecule has 1 aliphatic heterocycles. The molecule has 2 aromatic carbocycles. The zero-order valence-corrected chi connectivity index (χ0v) is 15.6. The van der Waals surface area contributed by atoms with Gasteiger partial charge in [0.15, 0.2) is 0 Å². The van der Waals surface area contributed by atoms with Crippen LogP contribution in [0.3, 0.4) is 0 Å². The Bertz CT molecular complexity index is 1120. The van der Waals surface area contributed by atoms with Gasteiger partial charge in [0.1, 0.15) is 23.7 Å². The van der Waals surface area contributed by atoms with E-state index in [1.807, 2.05) is 37.3 Å². The maximum absolute atomic E-state index is 13.9. The van der Waals surface area contributed by atoms with Gasteiger partial charge in [0, 0.05) is 24.1 Å². The number of rotatable bonds is 2. The van der Waals surface area contributed by atoms with Gasteiger partial charge >= 0.3 is 0 Å². The Morgan fingerprint density at radius 3 is 2.52 bits per heavy atom. The number of halogens is 2. The first-order chi connectivity index (χ1) is 14.0. The van der Waals surface area contributed by atoms with E-state index in [2.05, 4.69) is 15.4 Å². The van der Waals surface area contributed by atoms with E-state index in [1.54, 1.807) is 0 Å². The van der Waals surface area contributed by atoms with Crippen molar-refractivity contribution in [3.8, 4) is 0 Å². The predicted molar refractivity (Wildman–Crippen MR) is 103 cm³/mol. The van der Waals surface area contributed by atoms with Gasteiger partial charge in [0.25, 0.3) is 0 Å². The zero-order chi connectivity index (χ0) is 20.1. The van der Waals surface area contributed by atoms with E-state index in [1.165, 1.54) is 23.1 Å². The highest BCUT2D eigenvalue weighted by Gasteiger charge is 2.43. The number of hydrogen-bond acceptors (Lipinski definition) is 4. The van der Waals surface area contributed by atoms with Crippen LogP contribution in [0.2, 0.25) is 0 Å². The molecular weight excluding hydrogens is 374 g/mol. The molecule has 146 valence electrons. The first kappa shape index (κ1) is 17.7. The highest BCUT2D eigenvalue weighted by Crippen LogP contribution is 2.44. The number of carbonyl (C=O) groups excluding carboxylic acids is 1. The molecule has 1 N–H and O–H groups in total. The third kappa shape index (κ3) is 3.03. The Morgan fingerprint density at radius 2 is 1.79 bits per heavy atom. The van der Waals surface area contributed by atoms with Crippen LogP contribution in [0, 0.1) is 24.5 Å². The van der Waals surface area contributed by atoms with Gasteiger partial charge < -0.3 is 5.32 Å². The third-order valence-corrected chi connectivity index (χ3v) is 5.62. The van der Waals surface area contributed by atoms with Crippen LogP contribution in [0.4, 0.5) is 14.7 Å². The molecule has 2 heterocycles. The van der Waals surface area contributed by atoms with E-state index in [9.17, 15) is 13.6 Å². The van der Waals surface area contributed by atoms with Crippen LogP contribution in [-0.2, 0) is 4.79 Å². The molecule has 3 atom stereocenters. The molecule has 0 spiro atoms. The minimum Gasteiger partial charge on any atom is -0.328 e. The Hall–Kier alpha value is -3.35. The molecule has 0 radical (unpaired) electrons. The first-order valence-corrected chi connectivity index (χ1v) is 9.43. The Kier molecular flexibility index (Phi) is 4.04. The molecule has 0 unspecified atom stereocenters. The average Bonchev–Trinajstić information content (AvgIpc) is 3.14. The maximum atomic E-state index is 13.9. The van der Waals surface area contributed by atoms with Crippen LogP contribution in [0.15, 0.2) is 60.6 Å². The summed E-state index contributed by atoms with van der Waals surface area (Å²) in [6.07, 6.45) is 3.71. The van der Waals surface area contributed by atoms with E-state index in [-0.39, 0.29) is 11.7 Å². The van der Waals surface area contributed by atoms with Gasteiger partial charge in [-0.3, -0.25) is 4.79 Å². The lowest BCUT2D eigenvalue weighted by Crippen LogP contribution is -2.40. The van der Waals surface area contributed by atoms with Crippen LogP contribution >= 0.6 is 0 Å². The van der Waals surface area contributed by atoms with Crippen molar-refractivity contribution in [3.05, 3.63) is 88.9 Å². The van der Waals surface area contributed by atoms with Crippen molar-refractivity contribution in [1.82, 2.24) is 14.8 Å². The van der Waals surface area contributed by atoms with Crippen molar-refractivity contribution in [1.29, 1.82) is 0 Å². The topological polar surface area (TPSA) is 59.8 Å². The number of nitrogens with zero attached hydrogens (tertiary/aromatic N) is 3. The molecule has 0 saturated carbocycles. The summed E-state index contributed by atoms with van der Waals surface area (Å²) in [5.74, 6) is -1.61. The van der Waals surface area contributed by atoms with E-state index in [0.717, 1.165) is 17.2 Å². The molecule has 0 amide bonds. The summed E-state index contributed by atoms with van der Waals surface area (Å²) in [5.41, 5.74) is 3.26. The van der Waals surface area contributed by atoms with Crippen LogP contribution in [0.5, 0.6) is 0 Å². The van der Waals surface area contributed by atoms with Gasteiger partial charge in [-0.1, -0.05) is 35.9 Å². The van der Waals surface area contributed by atoms with Crippen LogP contribution in [0.25, 0.3) is 0 Å². The number of ketones is 1. The molecule has 5 nitrogen and oxygen atoms in total. The number of fused-ring (bicyclic) bond motifs is 2. The molecule has 1 aliphatic carbocycles. The van der Waals surface area contributed by atoms with E-state index in [0.29, 0.717) is 23.6 Å². The van der Waals surface area contributed by atoms with Crippen molar-refractivity contribution in [2.45, 2.75) is 25.3 Å². The SMILES string of the molecule is Cc1ccc([C@@H]2C=C3Nc4ncnn4[C@@H](c4cc(F)cc(F)c4)[C@@H]3C(=O)C2)cc1. The lowest BCUT2D eigenvalue weighted by molar-refractivity contribution is -0.123. The minimum absolute atomic E-state index is 0.00334. The summed E-state index contributed by atoms with van der Waals surface area (Å²) in [5, 5.41) is 7.40. The normalized spacial score (nSPS) is 23.1. The van der Waals surface area contributed by atoms with Gasteiger partial charge in [-0.25, -0.2) is 13.5 Å². The number of carbonyl (C=O) groups is 1. The van der Waals surface area contributed by atoms with E-state index in [4.69, 9.17) is 0 Å². The second kappa shape index (κ2) is 6.62. The fourth-order valence-electron chi connectivity index (χ4n) is 4.28. The molecule has 0 bridgehead atoms. The van der Waals surface area contributed by atoms with Crippen molar-refractivity contribution in [2.24, 2.45) is 5.92 Å². The lowest BCUT2D eigenvalue weighted by atomic mass is 9.75. The highest BCUT2D eigenvalue weighted by molar-refractivity contribution is 5.88. The summed E-state index contributed by atoms with van der Waals surface area (Å²) < 4.78 is 29.4. The fraction of sp³-hybridized carbons (Fsp3) is 0.227. The third-order valence-electron chi connectivity index (χ3n) is 5.62. The van der Waals surface area contributed by atoms with Crippen molar-refractivity contribution < 1.29 is 13.6 Å². The summed E-state index contributed by atoms with van der Waals surface area (Å²) in [4.78, 5) is 17.4. The molecule has 1 aromatic heterocycles. The quantitative estimate of drug-likeness (QED) is 0.712. The molecule has 29 heavy (non-hydrogen) atoms. The summed E-state index contributed by atoms with van der Waals surface area (Å²) in [7, 11) is 0. The van der Waals surface area contributed by atoms with Gasteiger partial charge in [-0.2, -0.15) is 10.1 Å². The number of hydrogen-bond donors (Lipinski definition) is 1. The monoisotopic (exact) mass is 392 g/mol. The molecule has 0 fully saturated rings. The van der Waals surface area contributed by atoms with Crippen molar-refractivity contribution in [3.63, 3.8) is 0 Å². The number of aromatic nitrogens is 3. The molecule has 2 aliphatic rings. The molecule has 0 saturated heterocycles. The van der Waals surface area contributed by atoms with Gasteiger partial charge in [0.05, 0.1) is 12.0 Å². The van der Waals surface area contributed by atoms with Crippen LogP contribution in [-0.4, -0.2) is 20.5 Å². The second-order valence-electron chi connectivity index (χ2n) is 7.59. The Balaban J connectivity index is 1.62. The number of allylic oxidation sites excluding steroid dienone is 2. The molecule has 3 aromatic rings. The first-order valence-electron chi connectivity index (χ1n) is 9.43. The summed E-state index contributed by atoms with van der Waals surface area (Å²) >= 11 is 0. The largest absolute Gasteiger partial charge is 0.328 e. The van der Waals surface area contributed by atoms with Crippen LogP contribution < -0.4 is 5.32 Å². The Labute approximate surface area is 166 Å². The maximum Gasteiger partial charge on any atom is 0.226 e. The number of anilines is 1. The molecule has 7 heteroatoms. The number of benzene rings is 2. The van der Waals surface area contributed by atoms with Gasteiger partial charge in [0.2, 0.25) is 5.95 Å². The average molecular weight is 392 g/mol. The van der Waals surface area contributed by atoms with Crippen LogP contribution in [0.1, 0.15) is 35.1 Å². The number of aryl methyl sites for hydroxylation is 1. The predicted octanol–water partition coefficient (Wildman–Crippen LogP) is 4.14. The fourth-order valence-corrected chi connectivity index (χ4v) is 4.28. The number of nitrogens with one attached hydrogen (secondary N) is 1. The van der Waals surface area contributed by atoms with Gasteiger partial charge in [-0.15, -0.1) is 0 Å². The second-order valence-corrected chi connectivity index (χ2v) is 7.59. The van der Waals surface area contributed by atoms with E-state index >= 15 is 0 Å². The standard InChI is InChI=1S/C22H18F2N4O/c1-12-2-4-13(5-3-12)14-8-18-20(19(29)9-14)21(28-22(27-18)25-11-26-28)15-6-16(23)10-17(24)7-15/h2-8,10-11,14,20-21H,9H2,1H3,(H,25,26,27)/t14-,20+,21+/m1/s1. The summed E-state index contributed by atoms with van der Waals surface area (Å²) in [6.45, 7) is 2.02. The highest BCUT2D eigenvalue weighted by atomic mass is 19.1. The smallest absolute Gasteiger partial charge is 0.226 e. The molecule has 5 rings (SSSR count). The van der Waals surface area contributed by atoms with Crippen molar-refractivity contribution in [2.75, 3.05) is 5.32 Å².